The van der Waals surface area contributed by atoms with Crippen LogP contribution in [0, 0.1) is 22.7 Å². The highest BCUT2D eigenvalue weighted by Gasteiger charge is 2.31. The molecule has 0 spiro atoms. The van der Waals surface area contributed by atoms with Gasteiger partial charge >= 0.3 is 0 Å². The Labute approximate surface area is 155 Å². The minimum Gasteiger partial charge on any atom is -0.218 e. The van der Waals surface area contributed by atoms with Crippen molar-refractivity contribution in [2.75, 3.05) is 0 Å². The maximum atomic E-state index is 13.2. The van der Waals surface area contributed by atoms with E-state index >= 15 is 0 Å². The van der Waals surface area contributed by atoms with Gasteiger partial charge in [-0.15, -0.1) is 0 Å². The van der Waals surface area contributed by atoms with E-state index in [0.717, 1.165) is 0 Å². The third-order valence-electron chi connectivity index (χ3n) is 3.20. The summed E-state index contributed by atoms with van der Waals surface area (Å²) < 4.78 is 26.5. The molecule has 0 amide bonds. The average molecular weight is 389 g/mol. The van der Waals surface area contributed by atoms with Gasteiger partial charge in [0.1, 0.15) is 32.0 Å². The van der Waals surface area contributed by atoms with Gasteiger partial charge in [-0.2, -0.15) is 10.5 Å². The van der Waals surface area contributed by atoms with Crippen LogP contribution in [0.4, 0.5) is 0 Å². The second kappa shape index (κ2) is 8.00. The van der Waals surface area contributed by atoms with Crippen LogP contribution in [0.1, 0.15) is 11.1 Å². The lowest BCUT2D eigenvalue weighted by Crippen LogP contribution is -2.09. The number of hydrogen-bond donors (Lipinski definition) is 0. The Bertz CT molecular complexity index is 950. The Balaban J connectivity index is 2.85. The summed E-state index contributed by atoms with van der Waals surface area (Å²) in [6.07, 6.45) is 0. The van der Waals surface area contributed by atoms with Crippen LogP contribution in [0.15, 0.2) is 70.7 Å². The Morgan fingerprint density at radius 3 is 1.32 bits per heavy atom. The molecule has 2 aromatic carbocycles. The average Bonchev–Trinajstić information content (AvgIpc) is 2.63. The molecule has 0 unspecified atom stereocenters. The molecule has 0 radical (unpaired) electrons. The highest BCUT2D eigenvalue weighted by molar-refractivity contribution is 8.09. The van der Waals surface area contributed by atoms with Crippen molar-refractivity contribution in [1.29, 1.82) is 10.5 Å². The summed E-state index contributed by atoms with van der Waals surface area (Å²) in [6.45, 7) is 0. The lowest BCUT2D eigenvalue weighted by Gasteiger charge is -2.13. The van der Waals surface area contributed by atoms with Crippen molar-refractivity contribution in [3.8, 4) is 12.1 Å². The minimum atomic E-state index is -4.34. The maximum Gasteiger partial charge on any atom is 0.212 e. The zero-order chi connectivity index (χ0) is 18.4. The van der Waals surface area contributed by atoms with Crippen LogP contribution in [-0.2, 0) is 9.84 Å². The molecular weight excluding hydrogens is 379 g/mol. The van der Waals surface area contributed by atoms with E-state index in [1.165, 1.54) is 24.3 Å². The molecule has 2 aromatic rings. The van der Waals surface area contributed by atoms with E-state index in [1.54, 1.807) is 48.5 Å². The highest BCUT2D eigenvalue weighted by Crippen LogP contribution is 2.38. The number of halogens is 2. The standard InChI is InChI=1S/C18H10Cl2N2O2S/c19-15(11-21)17(13-7-3-1-4-8-13)25(23,24)18(16(20)12-22)14-9-5-2-6-10-14/h1-10H. The fourth-order valence-electron chi connectivity index (χ4n) is 2.18. The van der Waals surface area contributed by atoms with Crippen molar-refractivity contribution >= 4 is 42.8 Å². The van der Waals surface area contributed by atoms with Crippen molar-refractivity contribution in [1.82, 2.24) is 0 Å². The third-order valence-corrected chi connectivity index (χ3v) is 5.93. The summed E-state index contributed by atoms with van der Waals surface area (Å²) >= 11 is 11.8. The predicted molar refractivity (Wildman–Crippen MR) is 98.6 cm³/mol. The smallest absolute Gasteiger partial charge is 0.212 e. The molecule has 124 valence electrons. The van der Waals surface area contributed by atoms with Crippen LogP contribution in [0.2, 0.25) is 0 Å². The van der Waals surface area contributed by atoms with Gasteiger partial charge in [-0.05, 0) is 11.1 Å². The minimum absolute atomic E-state index is 0.227. The van der Waals surface area contributed by atoms with Gasteiger partial charge in [0.15, 0.2) is 0 Å². The SMILES string of the molecule is N#CC(Cl)=C(c1ccccc1)S(=O)(=O)C(=C(Cl)C#N)c1ccccc1. The first-order valence-electron chi connectivity index (χ1n) is 6.89. The van der Waals surface area contributed by atoms with E-state index in [1.807, 2.05) is 0 Å². The molecule has 0 fully saturated rings. The molecule has 0 bridgehead atoms. The monoisotopic (exact) mass is 388 g/mol. The van der Waals surface area contributed by atoms with Gasteiger partial charge in [0.05, 0.1) is 0 Å². The Hall–Kier alpha value is -2.57. The predicted octanol–water partition coefficient (Wildman–Crippen LogP) is 4.66. The molecule has 0 heterocycles. The summed E-state index contributed by atoms with van der Waals surface area (Å²) in [7, 11) is -4.34. The fraction of sp³-hybridized carbons (Fsp3) is 0. The molecule has 4 nitrogen and oxygen atoms in total. The maximum absolute atomic E-state index is 13.2. The van der Waals surface area contributed by atoms with Crippen LogP contribution >= 0.6 is 23.2 Å². The zero-order valence-corrected chi connectivity index (χ0v) is 15.0. The highest BCUT2D eigenvalue weighted by atomic mass is 35.5. The van der Waals surface area contributed by atoms with E-state index < -0.39 is 29.7 Å². The molecule has 0 atom stereocenters. The van der Waals surface area contributed by atoms with E-state index in [9.17, 15) is 8.42 Å². The first-order valence-corrected chi connectivity index (χ1v) is 9.13. The van der Waals surface area contributed by atoms with Crippen LogP contribution in [-0.4, -0.2) is 8.42 Å². The summed E-state index contributed by atoms with van der Waals surface area (Å²) in [6, 6.07) is 19.2. The van der Waals surface area contributed by atoms with Gasteiger partial charge in [0.25, 0.3) is 0 Å². The molecule has 0 aliphatic rings. The van der Waals surface area contributed by atoms with Gasteiger partial charge in [0, 0.05) is 0 Å². The van der Waals surface area contributed by atoms with Crippen molar-refractivity contribution in [3.05, 3.63) is 81.9 Å². The van der Waals surface area contributed by atoms with Gasteiger partial charge in [-0.25, -0.2) is 8.42 Å². The summed E-state index contributed by atoms with van der Waals surface area (Å²) in [5.74, 6) is 0. The van der Waals surface area contributed by atoms with Crippen molar-refractivity contribution in [2.45, 2.75) is 0 Å². The molecule has 0 aliphatic carbocycles. The number of rotatable bonds is 4. The molecule has 7 heteroatoms. The molecule has 0 saturated heterocycles. The van der Waals surface area contributed by atoms with Crippen molar-refractivity contribution in [3.63, 3.8) is 0 Å². The first-order chi connectivity index (χ1) is 11.9. The van der Waals surface area contributed by atoms with E-state index in [4.69, 9.17) is 33.7 Å². The second-order valence-corrected chi connectivity index (χ2v) is 7.32. The Morgan fingerprint density at radius 1 is 0.720 bits per heavy atom. The summed E-state index contributed by atoms with van der Waals surface area (Å²) in [4.78, 5) is -0.797. The third kappa shape index (κ3) is 3.92. The topological polar surface area (TPSA) is 81.7 Å². The van der Waals surface area contributed by atoms with Crippen LogP contribution in [0.3, 0.4) is 0 Å². The number of benzene rings is 2. The van der Waals surface area contributed by atoms with E-state index in [0.29, 0.717) is 0 Å². The number of nitrogens with zero attached hydrogens (tertiary/aromatic N) is 2. The molecule has 0 aliphatic heterocycles. The number of nitriles is 2. The molecule has 25 heavy (non-hydrogen) atoms. The van der Waals surface area contributed by atoms with Crippen LogP contribution < -0.4 is 0 Å². The molecule has 2 rings (SSSR count). The van der Waals surface area contributed by atoms with Gasteiger partial charge in [-0.1, -0.05) is 83.9 Å². The first kappa shape index (κ1) is 18.8. The van der Waals surface area contributed by atoms with Crippen molar-refractivity contribution in [2.24, 2.45) is 0 Å². The van der Waals surface area contributed by atoms with Gasteiger partial charge in [-0.3, -0.25) is 0 Å². The summed E-state index contributed by atoms with van der Waals surface area (Å²) in [5.41, 5.74) is 0.453. The lowest BCUT2D eigenvalue weighted by atomic mass is 10.2. The van der Waals surface area contributed by atoms with Crippen LogP contribution in [0.25, 0.3) is 9.81 Å². The Morgan fingerprint density at radius 2 is 1.04 bits per heavy atom. The number of allylic oxidation sites excluding steroid dienone is 2. The van der Waals surface area contributed by atoms with Gasteiger partial charge in [0.2, 0.25) is 9.84 Å². The molecular formula is C18H10Cl2N2O2S. The normalized spacial score (nSPS) is 13.1. The molecule has 0 saturated carbocycles. The molecule has 0 N–H and O–H groups in total. The largest absolute Gasteiger partial charge is 0.218 e. The van der Waals surface area contributed by atoms with Crippen molar-refractivity contribution < 1.29 is 8.42 Å². The van der Waals surface area contributed by atoms with E-state index in [-0.39, 0.29) is 11.1 Å². The van der Waals surface area contributed by atoms with Gasteiger partial charge < -0.3 is 0 Å². The second-order valence-electron chi connectivity index (χ2n) is 4.75. The quantitative estimate of drug-likeness (QED) is 0.712. The lowest BCUT2D eigenvalue weighted by molar-refractivity contribution is 0.615. The summed E-state index contributed by atoms with van der Waals surface area (Å²) in [5, 5.41) is 17.3. The molecule has 0 aromatic heterocycles. The van der Waals surface area contributed by atoms with Crippen LogP contribution in [0.5, 0.6) is 0 Å². The fourth-order valence-corrected chi connectivity index (χ4v) is 4.67. The zero-order valence-electron chi connectivity index (χ0n) is 12.6. The number of hydrogen-bond acceptors (Lipinski definition) is 4. The Kier molecular flexibility index (Phi) is 6.01. The van der Waals surface area contributed by atoms with E-state index in [2.05, 4.69) is 0 Å². The number of sulfone groups is 1.